The van der Waals surface area contributed by atoms with Gasteiger partial charge in [-0.3, -0.25) is 0 Å². The Bertz CT molecular complexity index is 130. The quantitative estimate of drug-likeness (QED) is 0.622. The first kappa shape index (κ1) is 9.96. The summed E-state index contributed by atoms with van der Waals surface area (Å²) in [5, 5.41) is 12.2. The van der Waals surface area contributed by atoms with Crippen LogP contribution in [0.25, 0.3) is 0 Å². The fourth-order valence-electron chi connectivity index (χ4n) is 1.74. The molecule has 2 atom stereocenters. The molecule has 0 spiro atoms. The lowest BCUT2D eigenvalue weighted by Gasteiger charge is -2.22. The Morgan fingerprint density at radius 2 is 2.33 bits per heavy atom. The highest BCUT2D eigenvalue weighted by Crippen LogP contribution is 2.14. The summed E-state index contributed by atoms with van der Waals surface area (Å²) in [4.78, 5) is 2.18. The molecule has 0 aromatic heterocycles. The van der Waals surface area contributed by atoms with Crippen LogP contribution in [0.4, 0.5) is 0 Å². The van der Waals surface area contributed by atoms with E-state index in [1.54, 1.807) is 0 Å². The molecule has 72 valence electrons. The van der Waals surface area contributed by atoms with Gasteiger partial charge in [0.05, 0.1) is 6.61 Å². The Morgan fingerprint density at radius 1 is 1.58 bits per heavy atom. The van der Waals surface area contributed by atoms with Crippen LogP contribution in [-0.2, 0) is 0 Å². The van der Waals surface area contributed by atoms with E-state index in [1.807, 2.05) is 0 Å². The average Bonchev–Trinajstić information content (AvgIpc) is 2.37. The molecular formula is C9H20N2O. The summed E-state index contributed by atoms with van der Waals surface area (Å²) in [6, 6.07) is 0.626. The molecule has 0 aromatic rings. The van der Waals surface area contributed by atoms with Crippen molar-refractivity contribution in [3.8, 4) is 0 Å². The first-order valence-corrected chi connectivity index (χ1v) is 4.77. The van der Waals surface area contributed by atoms with E-state index in [9.17, 15) is 0 Å². The molecule has 0 bridgehead atoms. The van der Waals surface area contributed by atoms with Crippen molar-refractivity contribution in [1.29, 1.82) is 0 Å². The Kier molecular flexibility index (Phi) is 3.98. The maximum atomic E-state index is 8.71. The van der Waals surface area contributed by atoms with Crippen LogP contribution in [0.15, 0.2) is 0 Å². The molecule has 1 heterocycles. The predicted molar refractivity (Wildman–Crippen MR) is 50.2 cm³/mol. The van der Waals surface area contributed by atoms with E-state index >= 15 is 0 Å². The summed E-state index contributed by atoms with van der Waals surface area (Å²) in [6.45, 7) is 5.54. The Labute approximate surface area is 74.8 Å². The van der Waals surface area contributed by atoms with E-state index in [4.69, 9.17) is 5.11 Å². The minimum atomic E-state index is 0.262. The first-order valence-electron chi connectivity index (χ1n) is 4.77. The first-order chi connectivity index (χ1) is 5.74. The third-order valence-electron chi connectivity index (χ3n) is 2.68. The highest BCUT2D eigenvalue weighted by Gasteiger charge is 2.23. The van der Waals surface area contributed by atoms with E-state index in [1.165, 1.54) is 6.42 Å². The van der Waals surface area contributed by atoms with Crippen LogP contribution in [0, 0.1) is 5.92 Å². The van der Waals surface area contributed by atoms with Gasteiger partial charge in [-0.15, -0.1) is 0 Å². The van der Waals surface area contributed by atoms with Gasteiger partial charge in [-0.25, -0.2) is 0 Å². The maximum absolute atomic E-state index is 8.71. The van der Waals surface area contributed by atoms with Crippen LogP contribution >= 0.6 is 0 Å². The Balaban J connectivity index is 2.20. The Hall–Kier alpha value is -0.120. The van der Waals surface area contributed by atoms with Gasteiger partial charge in [-0.2, -0.15) is 0 Å². The average molecular weight is 172 g/mol. The molecule has 2 N–H and O–H groups in total. The summed E-state index contributed by atoms with van der Waals surface area (Å²) in [6.07, 6.45) is 1.29. The molecule has 1 rings (SSSR count). The van der Waals surface area contributed by atoms with E-state index in [0.29, 0.717) is 6.04 Å². The van der Waals surface area contributed by atoms with Crippen LogP contribution < -0.4 is 5.32 Å². The van der Waals surface area contributed by atoms with Crippen molar-refractivity contribution in [2.75, 3.05) is 33.3 Å². The zero-order valence-corrected chi connectivity index (χ0v) is 8.08. The molecule has 0 aliphatic carbocycles. The summed E-state index contributed by atoms with van der Waals surface area (Å²) in [7, 11) is 2.06. The van der Waals surface area contributed by atoms with Gasteiger partial charge in [0.15, 0.2) is 0 Å². The maximum Gasteiger partial charge on any atom is 0.0558 e. The number of likely N-dealkylation sites (N-methyl/N-ethyl adjacent to an activating group) is 1. The largest absolute Gasteiger partial charge is 0.395 e. The number of nitrogens with one attached hydrogen (secondary N) is 1. The smallest absolute Gasteiger partial charge is 0.0558 e. The predicted octanol–water partition coefficient (Wildman–Crippen LogP) is -0.0915. The van der Waals surface area contributed by atoms with Crippen LogP contribution in [-0.4, -0.2) is 49.3 Å². The highest BCUT2D eigenvalue weighted by molar-refractivity contribution is 4.82. The van der Waals surface area contributed by atoms with E-state index in [2.05, 4.69) is 24.2 Å². The lowest BCUT2D eigenvalue weighted by Crippen LogP contribution is -2.39. The second kappa shape index (κ2) is 4.80. The van der Waals surface area contributed by atoms with Gasteiger partial charge in [0.1, 0.15) is 0 Å². The minimum Gasteiger partial charge on any atom is -0.395 e. The van der Waals surface area contributed by atoms with Gasteiger partial charge in [-0.05, 0) is 25.9 Å². The standard InChI is InChI=1S/C9H20N2O/c1-8-3-4-10-9(8)7-11(2)5-6-12/h8-10,12H,3-7H2,1-2H3. The second-order valence-corrected chi connectivity index (χ2v) is 3.81. The van der Waals surface area contributed by atoms with Crippen molar-refractivity contribution < 1.29 is 5.11 Å². The molecule has 12 heavy (non-hydrogen) atoms. The third kappa shape index (κ3) is 2.73. The Morgan fingerprint density at radius 3 is 2.83 bits per heavy atom. The van der Waals surface area contributed by atoms with Gasteiger partial charge in [0.2, 0.25) is 0 Å². The second-order valence-electron chi connectivity index (χ2n) is 3.81. The van der Waals surface area contributed by atoms with Crippen molar-refractivity contribution in [2.45, 2.75) is 19.4 Å². The zero-order chi connectivity index (χ0) is 8.97. The molecule has 1 saturated heterocycles. The number of hydrogen-bond donors (Lipinski definition) is 2. The van der Waals surface area contributed by atoms with Gasteiger partial charge in [0, 0.05) is 19.1 Å². The number of nitrogens with zero attached hydrogens (tertiary/aromatic N) is 1. The van der Waals surface area contributed by atoms with Gasteiger partial charge in [-0.1, -0.05) is 6.92 Å². The monoisotopic (exact) mass is 172 g/mol. The lowest BCUT2D eigenvalue weighted by molar-refractivity contribution is 0.204. The summed E-state index contributed by atoms with van der Waals surface area (Å²) < 4.78 is 0. The number of aliphatic hydroxyl groups excluding tert-OH is 1. The SMILES string of the molecule is CC1CCNC1CN(C)CCO. The van der Waals surface area contributed by atoms with Crippen molar-refractivity contribution in [3.63, 3.8) is 0 Å². The molecule has 1 aliphatic rings. The molecule has 0 saturated carbocycles. The molecule has 2 unspecified atom stereocenters. The van der Waals surface area contributed by atoms with Crippen LogP contribution in [0.5, 0.6) is 0 Å². The summed E-state index contributed by atoms with van der Waals surface area (Å²) in [5.74, 6) is 0.783. The van der Waals surface area contributed by atoms with Gasteiger partial charge >= 0.3 is 0 Å². The van der Waals surface area contributed by atoms with Crippen molar-refractivity contribution >= 4 is 0 Å². The lowest BCUT2D eigenvalue weighted by atomic mass is 10.0. The molecule has 1 fully saturated rings. The summed E-state index contributed by atoms with van der Waals surface area (Å²) >= 11 is 0. The molecule has 0 aromatic carbocycles. The fraction of sp³-hybridized carbons (Fsp3) is 1.00. The molecule has 1 aliphatic heterocycles. The molecule has 0 radical (unpaired) electrons. The van der Waals surface area contributed by atoms with Crippen LogP contribution in [0.2, 0.25) is 0 Å². The van der Waals surface area contributed by atoms with Gasteiger partial charge in [0.25, 0.3) is 0 Å². The van der Waals surface area contributed by atoms with Crippen molar-refractivity contribution in [3.05, 3.63) is 0 Å². The topological polar surface area (TPSA) is 35.5 Å². The highest BCUT2D eigenvalue weighted by atomic mass is 16.3. The number of hydrogen-bond acceptors (Lipinski definition) is 3. The number of aliphatic hydroxyl groups is 1. The zero-order valence-electron chi connectivity index (χ0n) is 8.08. The molecule has 0 amide bonds. The van der Waals surface area contributed by atoms with E-state index in [-0.39, 0.29) is 6.61 Å². The normalized spacial score (nSPS) is 30.0. The van der Waals surface area contributed by atoms with Crippen molar-refractivity contribution in [1.82, 2.24) is 10.2 Å². The van der Waals surface area contributed by atoms with E-state index < -0.39 is 0 Å². The molecule has 3 heteroatoms. The fourth-order valence-corrected chi connectivity index (χ4v) is 1.74. The van der Waals surface area contributed by atoms with Crippen LogP contribution in [0.3, 0.4) is 0 Å². The van der Waals surface area contributed by atoms with Gasteiger partial charge < -0.3 is 15.3 Å². The van der Waals surface area contributed by atoms with E-state index in [0.717, 1.165) is 25.6 Å². The van der Waals surface area contributed by atoms with Crippen molar-refractivity contribution in [2.24, 2.45) is 5.92 Å². The molecule has 3 nitrogen and oxygen atoms in total. The minimum absolute atomic E-state index is 0.262. The molecular weight excluding hydrogens is 152 g/mol. The summed E-state index contributed by atoms with van der Waals surface area (Å²) in [5.41, 5.74) is 0. The number of rotatable bonds is 4. The van der Waals surface area contributed by atoms with Crippen LogP contribution in [0.1, 0.15) is 13.3 Å². The third-order valence-corrected chi connectivity index (χ3v) is 2.68.